The molecule has 0 saturated heterocycles. The van der Waals surface area contributed by atoms with Gasteiger partial charge in [0.15, 0.2) is 0 Å². The molecule has 0 saturated carbocycles. The van der Waals surface area contributed by atoms with Crippen molar-refractivity contribution in [3.05, 3.63) is 46.5 Å². The van der Waals surface area contributed by atoms with Gasteiger partial charge in [-0.1, -0.05) is 11.6 Å². The van der Waals surface area contributed by atoms with Crippen LogP contribution in [0.3, 0.4) is 0 Å². The molecule has 6 heteroatoms. The minimum atomic E-state index is -0.516. The Labute approximate surface area is 127 Å². The van der Waals surface area contributed by atoms with Crippen molar-refractivity contribution < 1.29 is 9.53 Å². The lowest BCUT2D eigenvalue weighted by atomic mass is 10.1. The number of halogens is 1. The van der Waals surface area contributed by atoms with Crippen molar-refractivity contribution in [1.82, 2.24) is 0 Å². The highest BCUT2D eigenvalue weighted by molar-refractivity contribution is 6.31. The number of nitrogens with two attached hydrogens (primary N) is 2. The highest BCUT2D eigenvalue weighted by Gasteiger charge is 2.10. The second-order valence-corrected chi connectivity index (χ2v) is 5.00. The van der Waals surface area contributed by atoms with Gasteiger partial charge in [-0.05, 0) is 36.8 Å². The maximum Gasteiger partial charge on any atom is 0.248 e. The second kappa shape index (κ2) is 5.93. The van der Waals surface area contributed by atoms with Gasteiger partial charge in [0.25, 0.3) is 0 Å². The number of hydrogen-bond donors (Lipinski definition) is 3. The normalized spacial score (nSPS) is 10.2. The van der Waals surface area contributed by atoms with E-state index in [1.54, 1.807) is 31.4 Å². The average Bonchev–Trinajstić information content (AvgIpc) is 2.44. The fraction of sp³-hybridized carbons (Fsp3) is 0.133. The number of hydrogen-bond acceptors (Lipinski definition) is 4. The number of benzene rings is 2. The quantitative estimate of drug-likeness (QED) is 0.757. The number of nitrogen functional groups attached to an aromatic ring is 1. The summed E-state index contributed by atoms with van der Waals surface area (Å²) in [5.41, 5.74) is 14.2. The highest BCUT2D eigenvalue weighted by atomic mass is 35.5. The monoisotopic (exact) mass is 305 g/mol. The van der Waals surface area contributed by atoms with Crippen molar-refractivity contribution in [3.63, 3.8) is 0 Å². The third-order valence-corrected chi connectivity index (χ3v) is 3.50. The fourth-order valence-electron chi connectivity index (χ4n) is 1.89. The van der Waals surface area contributed by atoms with Crippen molar-refractivity contribution >= 4 is 34.6 Å². The van der Waals surface area contributed by atoms with Crippen molar-refractivity contribution in [2.24, 2.45) is 5.73 Å². The molecule has 2 aromatic carbocycles. The Hall–Kier alpha value is -2.40. The molecular formula is C15H16ClN3O2. The lowest BCUT2D eigenvalue weighted by molar-refractivity contribution is 0.100. The molecule has 0 spiro atoms. The van der Waals surface area contributed by atoms with E-state index in [-0.39, 0.29) is 0 Å². The molecule has 0 bridgehead atoms. The number of ether oxygens (including phenoxy) is 1. The number of nitrogens with one attached hydrogen (secondary N) is 1. The molecule has 21 heavy (non-hydrogen) atoms. The van der Waals surface area contributed by atoms with Gasteiger partial charge in [-0.2, -0.15) is 0 Å². The summed E-state index contributed by atoms with van der Waals surface area (Å²) in [5.74, 6) is 0.0618. The maximum atomic E-state index is 11.3. The summed E-state index contributed by atoms with van der Waals surface area (Å²) in [6, 6.07) is 8.36. The third-order valence-electron chi connectivity index (χ3n) is 3.09. The molecule has 0 aliphatic rings. The van der Waals surface area contributed by atoms with Crippen LogP contribution in [0.15, 0.2) is 30.3 Å². The number of anilines is 3. The summed E-state index contributed by atoms with van der Waals surface area (Å²) in [7, 11) is 1.55. The predicted molar refractivity (Wildman–Crippen MR) is 85.4 cm³/mol. The summed E-state index contributed by atoms with van der Waals surface area (Å²) >= 11 is 6.07. The largest absolute Gasteiger partial charge is 0.495 e. The van der Waals surface area contributed by atoms with Crippen LogP contribution in [0, 0.1) is 6.92 Å². The number of aryl methyl sites for hydroxylation is 1. The summed E-state index contributed by atoms with van der Waals surface area (Å²) in [6.07, 6.45) is 0. The van der Waals surface area contributed by atoms with Crippen LogP contribution < -0.4 is 21.5 Å². The number of primary amides is 1. The topological polar surface area (TPSA) is 90.4 Å². The molecule has 0 heterocycles. The first-order valence-electron chi connectivity index (χ1n) is 6.23. The Kier molecular flexibility index (Phi) is 4.23. The minimum absolute atomic E-state index is 0.372. The molecule has 0 radical (unpaired) electrons. The zero-order valence-corrected chi connectivity index (χ0v) is 12.5. The number of rotatable bonds is 4. The Morgan fingerprint density at radius 2 is 1.95 bits per heavy atom. The molecule has 5 nitrogen and oxygen atoms in total. The molecule has 0 aliphatic carbocycles. The van der Waals surface area contributed by atoms with E-state index in [1.165, 1.54) is 0 Å². The molecule has 1 amide bonds. The van der Waals surface area contributed by atoms with Crippen LogP contribution in [-0.2, 0) is 0 Å². The van der Waals surface area contributed by atoms with Gasteiger partial charge in [0.1, 0.15) is 5.75 Å². The Morgan fingerprint density at radius 1 is 1.24 bits per heavy atom. The van der Waals surface area contributed by atoms with E-state index in [1.807, 2.05) is 13.0 Å². The first-order chi connectivity index (χ1) is 9.92. The van der Waals surface area contributed by atoms with Crippen LogP contribution in [0.25, 0.3) is 0 Å². The van der Waals surface area contributed by atoms with Crippen molar-refractivity contribution in [2.45, 2.75) is 6.92 Å². The van der Waals surface area contributed by atoms with E-state index in [9.17, 15) is 4.79 Å². The van der Waals surface area contributed by atoms with Crippen LogP contribution in [0.2, 0.25) is 5.02 Å². The van der Waals surface area contributed by atoms with Gasteiger partial charge in [0.2, 0.25) is 5.91 Å². The van der Waals surface area contributed by atoms with Gasteiger partial charge in [0.05, 0.1) is 24.2 Å². The van der Waals surface area contributed by atoms with Crippen LogP contribution in [-0.4, -0.2) is 13.0 Å². The predicted octanol–water partition coefficient (Wildman–Crippen LogP) is 3.08. The number of carbonyl (C=O) groups is 1. The summed E-state index contributed by atoms with van der Waals surface area (Å²) in [4.78, 5) is 11.3. The molecule has 0 aliphatic heterocycles. The first kappa shape index (κ1) is 15.0. The van der Waals surface area contributed by atoms with Crippen LogP contribution in [0.4, 0.5) is 17.1 Å². The molecule has 0 unspecified atom stereocenters. The third kappa shape index (κ3) is 3.20. The lowest BCUT2D eigenvalue weighted by Crippen LogP contribution is -2.11. The SMILES string of the molecule is COc1cc(Cl)c(C)cc1Nc1cc(C(N)=O)ccc1N. The van der Waals surface area contributed by atoms with Gasteiger partial charge >= 0.3 is 0 Å². The van der Waals surface area contributed by atoms with E-state index in [0.29, 0.717) is 33.4 Å². The minimum Gasteiger partial charge on any atom is -0.495 e. The van der Waals surface area contributed by atoms with Crippen LogP contribution >= 0.6 is 11.6 Å². The number of amides is 1. The summed E-state index contributed by atoms with van der Waals surface area (Å²) < 4.78 is 5.29. The summed E-state index contributed by atoms with van der Waals surface area (Å²) in [5, 5.41) is 3.75. The first-order valence-corrected chi connectivity index (χ1v) is 6.60. The molecule has 110 valence electrons. The smallest absolute Gasteiger partial charge is 0.248 e. The van der Waals surface area contributed by atoms with Gasteiger partial charge in [-0.15, -0.1) is 0 Å². The molecule has 5 N–H and O–H groups in total. The zero-order chi connectivity index (χ0) is 15.6. The Bertz CT molecular complexity index is 702. The van der Waals surface area contributed by atoms with Crippen LogP contribution in [0.5, 0.6) is 5.75 Å². The molecule has 0 atom stereocenters. The van der Waals surface area contributed by atoms with E-state index >= 15 is 0 Å². The highest BCUT2D eigenvalue weighted by Crippen LogP contribution is 2.34. The Balaban J connectivity index is 2.44. The van der Waals surface area contributed by atoms with E-state index in [2.05, 4.69) is 5.32 Å². The molecule has 0 fully saturated rings. The number of carbonyl (C=O) groups excluding carboxylic acids is 1. The molecule has 2 aromatic rings. The molecule has 2 rings (SSSR count). The lowest BCUT2D eigenvalue weighted by Gasteiger charge is -2.15. The van der Waals surface area contributed by atoms with Crippen molar-refractivity contribution in [2.75, 3.05) is 18.2 Å². The van der Waals surface area contributed by atoms with Gasteiger partial charge < -0.3 is 21.5 Å². The fourth-order valence-corrected chi connectivity index (χ4v) is 2.05. The van der Waals surface area contributed by atoms with Crippen molar-refractivity contribution in [3.8, 4) is 5.75 Å². The second-order valence-electron chi connectivity index (χ2n) is 4.59. The van der Waals surface area contributed by atoms with Gasteiger partial charge in [0, 0.05) is 16.7 Å². The molecule has 0 aromatic heterocycles. The van der Waals surface area contributed by atoms with E-state index in [4.69, 9.17) is 27.8 Å². The average molecular weight is 306 g/mol. The zero-order valence-electron chi connectivity index (χ0n) is 11.7. The standard InChI is InChI=1S/C15H16ClN3O2/c1-8-5-13(14(21-2)7-10(8)16)19-12-6-9(15(18)20)3-4-11(12)17/h3-7,19H,17H2,1-2H3,(H2,18,20). The summed E-state index contributed by atoms with van der Waals surface area (Å²) in [6.45, 7) is 1.89. The van der Waals surface area contributed by atoms with Crippen LogP contribution in [0.1, 0.15) is 15.9 Å². The number of methoxy groups -OCH3 is 1. The van der Waals surface area contributed by atoms with E-state index in [0.717, 1.165) is 5.56 Å². The van der Waals surface area contributed by atoms with Crippen molar-refractivity contribution in [1.29, 1.82) is 0 Å². The Morgan fingerprint density at radius 3 is 2.57 bits per heavy atom. The van der Waals surface area contributed by atoms with Gasteiger partial charge in [-0.3, -0.25) is 4.79 Å². The van der Waals surface area contributed by atoms with Gasteiger partial charge in [-0.25, -0.2) is 0 Å². The maximum absolute atomic E-state index is 11.3. The van der Waals surface area contributed by atoms with E-state index < -0.39 is 5.91 Å². The molecular weight excluding hydrogens is 290 g/mol.